The lowest BCUT2D eigenvalue weighted by atomic mass is 10.1. The van der Waals surface area contributed by atoms with Gasteiger partial charge in [0, 0.05) is 5.56 Å². The summed E-state index contributed by atoms with van der Waals surface area (Å²) in [5.74, 6) is -0.148. The number of benzene rings is 1. The van der Waals surface area contributed by atoms with Crippen molar-refractivity contribution in [2.45, 2.75) is 0 Å². The second-order valence-electron chi connectivity index (χ2n) is 2.96. The van der Waals surface area contributed by atoms with Crippen LogP contribution >= 0.6 is 11.6 Å². The zero-order chi connectivity index (χ0) is 10.8. The molecule has 0 aliphatic carbocycles. The Kier molecular flexibility index (Phi) is 2.51. The summed E-state index contributed by atoms with van der Waals surface area (Å²) in [4.78, 5) is 7.94. The maximum atomic E-state index is 12.9. The van der Waals surface area contributed by atoms with Crippen molar-refractivity contribution in [3.05, 3.63) is 41.4 Å². The standard InChI is InChI=1S/C10H7ClFN3/c11-7-3-6(1-2-8(7)12)9-4-14-5-10(13)15-9/h1-5H,(H2,13,15). The van der Waals surface area contributed by atoms with Crippen LogP contribution in [0, 0.1) is 5.82 Å². The first-order chi connectivity index (χ1) is 7.16. The Morgan fingerprint density at radius 2 is 2.07 bits per heavy atom. The van der Waals surface area contributed by atoms with Gasteiger partial charge < -0.3 is 5.73 Å². The lowest BCUT2D eigenvalue weighted by Crippen LogP contribution is -1.93. The van der Waals surface area contributed by atoms with Crippen molar-refractivity contribution in [2.24, 2.45) is 0 Å². The molecule has 1 heterocycles. The lowest BCUT2D eigenvalue weighted by Gasteiger charge is -2.02. The van der Waals surface area contributed by atoms with Gasteiger partial charge in [0.05, 0.1) is 23.1 Å². The average Bonchev–Trinajstić information content (AvgIpc) is 2.22. The van der Waals surface area contributed by atoms with E-state index in [1.165, 1.54) is 18.3 Å². The molecule has 2 rings (SSSR count). The predicted molar refractivity (Wildman–Crippen MR) is 56.8 cm³/mol. The summed E-state index contributed by atoms with van der Waals surface area (Å²) in [5.41, 5.74) is 6.73. The molecule has 0 spiro atoms. The van der Waals surface area contributed by atoms with E-state index < -0.39 is 5.82 Å². The highest BCUT2D eigenvalue weighted by Crippen LogP contribution is 2.23. The molecule has 0 unspecified atom stereocenters. The van der Waals surface area contributed by atoms with Gasteiger partial charge in [-0.15, -0.1) is 0 Å². The molecular weight excluding hydrogens is 217 g/mol. The van der Waals surface area contributed by atoms with Gasteiger partial charge in [-0.05, 0) is 18.2 Å². The summed E-state index contributed by atoms with van der Waals surface area (Å²) in [7, 11) is 0. The number of hydrogen-bond donors (Lipinski definition) is 1. The monoisotopic (exact) mass is 223 g/mol. The zero-order valence-corrected chi connectivity index (χ0v) is 8.37. The molecule has 0 aliphatic rings. The SMILES string of the molecule is Nc1cncc(-c2ccc(F)c(Cl)c2)n1. The van der Waals surface area contributed by atoms with Crippen LogP contribution in [-0.2, 0) is 0 Å². The van der Waals surface area contributed by atoms with E-state index >= 15 is 0 Å². The van der Waals surface area contributed by atoms with Crippen LogP contribution in [0.25, 0.3) is 11.3 Å². The third-order valence-corrected chi connectivity index (χ3v) is 2.16. The number of rotatable bonds is 1. The second kappa shape index (κ2) is 3.82. The van der Waals surface area contributed by atoms with E-state index in [2.05, 4.69) is 9.97 Å². The normalized spacial score (nSPS) is 10.3. The number of anilines is 1. The molecule has 0 saturated heterocycles. The van der Waals surface area contributed by atoms with Gasteiger partial charge in [0.1, 0.15) is 11.6 Å². The van der Waals surface area contributed by atoms with E-state index in [1.807, 2.05) is 0 Å². The molecule has 0 radical (unpaired) electrons. The van der Waals surface area contributed by atoms with Crippen molar-refractivity contribution in [3.8, 4) is 11.3 Å². The van der Waals surface area contributed by atoms with E-state index in [1.54, 1.807) is 12.3 Å². The van der Waals surface area contributed by atoms with Crippen LogP contribution in [0.1, 0.15) is 0 Å². The average molecular weight is 224 g/mol. The van der Waals surface area contributed by atoms with Gasteiger partial charge in [-0.25, -0.2) is 9.37 Å². The minimum absolute atomic E-state index is 0.0525. The van der Waals surface area contributed by atoms with Crippen molar-refractivity contribution in [1.29, 1.82) is 0 Å². The van der Waals surface area contributed by atoms with Gasteiger partial charge in [-0.3, -0.25) is 4.98 Å². The van der Waals surface area contributed by atoms with Gasteiger partial charge in [-0.1, -0.05) is 11.6 Å². The van der Waals surface area contributed by atoms with Crippen LogP contribution in [0.4, 0.5) is 10.2 Å². The summed E-state index contributed by atoms with van der Waals surface area (Å²) < 4.78 is 12.9. The van der Waals surface area contributed by atoms with E-state index in [-0.39, 0.29) is 5.02 Å². The molecule has 0 fully saturated rings. The first kappa shape index (κ1) is 9.86. The Bertz CT molecular complexity index is 502. The molecule has 76 valence electrons. The van der Waals surface area contributed by atoms with E-state index in [4.69, 9.17) is 17.3 Å². The van der Waals surface area contributed by atoms with Crippen molar-refractivity contribution in [2.75, 3.05) is 5.73 Å². The highest BCUT2D eigenvalue weighted by atomic mass is 35.5. The van der Waals surface area contributed by atoms with Gasteiger partial charge in [0.15, 0.2) is 0 Å². The predicted octanol–water partition coefficient (Wildman–Crippen LogP) is 2.52. The molecule has 2 aromatic rings. The highest BCUT2D eigenvalue weighted by Gasteiger charge is 2.04. The number of halogens is 2. The highest BCUT2D eigenvalue weighted by molar-refractivity contribution is 6.31. The Balaban J connectivity index is 2.50. The quantitative estimate of drug-likeness (QED) is 0.808. The topological polar surface area (TPSA) is 51.8 Å². The Hall–Kier alpha value is -1.68. The number of aromatic nitrogens is 2. The van der Waals surface area contributed by atoms with E-state index in [9.17, 15) is 4.39 Å². The molecule has 2 N–H and O–H groups in total. The van der Waals surface area contributed by atoms with Crippen LogP contribution in [0.5, 0.6) is 0 Å². The Morgan fingerprint density at radius 1 is 1.27 bits per heavy atom. The molecule has 0 bridgehead atoms. The van der Waals surface area contributed by atoms with Crippen molar-refractivity contribution in [1.82, 2.24) is 9.97 Å². The van der Waals surface area contributed by atoms with Crippen LogP contribution < -0.4 is 5.73 Å². The minimum atomic E-state index is -0.461. The first-order valence-corrected chi connectivity index (χ1v) is 4.57. The number of nitrogens with two attached hydrogens (primary N) is 1. The van der Waals surface area contributed by atoms with Crippen molar-refractivity contribution in [3.63, 3.8) is 0 Å². The van der Waals surface area contributed by atoms with Crippen molar-refractivity contribution < 1.29 is 4.39 Å². The summed E-state index contributed by atoms with van der Waals surface area (Å²) in [5, 5.41) is 0.0525. The molecule has 1 aromatic heterocycles. The molecule has 0 aliphatic heterocycles. The molecular formula is C10H7ClFN3. The molecule has 0 amide bonds. The Morgan fingerprint density at radius 3 is 2.73 bits per heavy atom. The van der Waals surface area contributed by atoms with Crippen molar-refractivity contribution >= 4 is 17.4 Å². The fourth-order valence-corrected chi connectivity index (χ4v) is 1.36. The van der Waals surface area contributed by atoms with Gasteiger partial charge in [-0.2, -0.15) is 0 Å². The molecule has 3 nitrogen and oxygen atoms in total. The van der Waals surface area contributed by atoms with Crippen LogP contribution in [0.15, 0.2) is 30.6 Å². The largest absolute Gasteiger partial charge is 0.382 e. The Labute approximate surface area is 90.7 Å². The molecule has 15 heavy (non-hydrogen) atoms. The minimum Gasteiger partial charge on any atom is -0.382 e. The third-order valence-electron chi connectivity index (χ3n) is 1.87. The summed E-state index contributed by atoms with van der Waals surface area (Å²) >= 11 is 5.65. The fraction of sp³-hybridized carbons (Fsp3) is 0. The van der Waals surface area contributed by atoms with Crippen LogP contribution in [-0.4, -0.2) is 9.97 Å². The van der Waals surface area contributed by atoms with E-state index in [0.29, 0.717) is 17.1 Å². The maximum Gasteiger partial charge on any atom is 0.142 e. The second-order valence-corrected chi connectivity index (χ2v) is 3.37. The summed E-state index contributed by atoms with van der Waals surface area (Å²) in [6.07, 6.45) is 2.98. The van der Waals surface area contributed by atoms with Gasteiger partial charge in [0.25, 0.3) is 0 Å². The number of hydrogen-bond acceptors (Lipinski definition) is 3. The lowest BCUT2D eigenvalue weighted by molar-refractivity contribution is 0.628. The summed E-state index contributed by atoms with van der Waals surface area (Å²) in [6, 6.07) is 4.34. The van der Waals surface area contributed by atoms with Gasteiger partial charge in [0.2, 0.25) is 0 Å². The zero-order valence-electron chi connectivity index (χ0n) is 7.61. The third kappa shape index (κ3) is 2.05. The van der Waals surface area contributed by atoms with E-state index in [0.717, 1.165) is 0 Å². The number of nitrogens with zero attached hydrogens (tertiary/aromatic N) is 2. The maximum absolute atomic E-state index is 12.9. The molecule has 0 atom stereocenters. The first-order valence-electron chi connectivity index (χ1n) is 4.20. The summed E-state index contributed by atoms with van der Waals surface area (Å²) in [6.45, 7) is 0. The fourth-order valence-electron chi connectivity index (χ4n) is 1.18. The molecule has 0 saturated carbocycles. The van der Waals surface area contributed by atoms with Gasteiger partial charge >= 0.3 is 0 Å². The smallest absolute Gasteiger partial charge is 0.142 e. The van der Waals surface area contributed by atoms with Crippen LogP contribution in [0.3, 0.4) is 0 Å². The molecule has 1 aromatic carbocycles. The number of nitrogen functional groups attached to an aromatic ring is 1. The van der Waals surface area contributed by atoms with Crippen LogP contribution in [0.2, 0.25) is 5.02 Å². The molecule has 5 heteroatoms.